The zero-order valence-corrected chi connectivity index (χ0v) is 17.1. The first-order valence-electron chi connectivity index (χ1n) is 10.8. The molecule has 7 atom stereocenters. The van der Waals surface area contributed by atoms with Gasteiger partial charge in [-0.2, -0.15) is 0 Å². The molecule has 0 aliphatic heterocycles. The van der Waals surface area contributed by atoms with Crippen LogP contribution in [0.4, 0.5) is 0 Å². The van der Waals surface area contributed by atoms with E-state index in [0.29, 0.717) is 32.3 Å². The van der Waals surface area contributed by atoms with E-state index in [4.69, 9.17) is 14.2 Å². The molecule has 4 rings (SSSR count). The van der Waals surface area contributed by atoms with Crippen molar-refractivity contribution >= 4 is 5.97 Å². The SMILES string of the molecule is CC(C)C.COCCOCCOC(=O)C1CC2CC1C1C3CCC(C3)C21. The van der Waals surface area contributed by atoms with Crippen LogP contribution in [0.3, 0.4) is 0 Å². The third-order valence-corrected chi connectivity index (χ3v) is 6.94. The lowest BCUT2D eigenvalue weighted by atomic mass is 9.67. The Kier molecular flexibility index (Phi) is 7.01. The van der Waals surface area contributed by atoms with Crippen LogP contribution in [0.15, 0.2) is 0 Å². The number of methoxy groups -OCH3 is 1. The molecule has 4 bridgehead atoms. The lowest BCUT2D eigenvalue weighted by Gasteiger charge is -2.37. The maximum atomic E-state index is 12.4. The number of hydrogen-bond donors (Lipinski definition) is 0. The van der Waals surface area contributed by atoms with Gasteiger partial charge < -0.3 is 14.2 Å². The lowest BCUT2D eigenvalue weighted by Crippen LogP contribution is -2.36. The number of carbonyl (C=O) groups excluding carboxylic acids is 1. The second-order valence-corrected chi connectivity index (χ2v) is 9.49. The average molecular weight is 367 g/mol. The molecule has 4 heteroatoms. The van der Waals surface area contributed by atoms with Crippen LogP contribution in [0, 0.1) is 47.3 Å². The van der Waals surface area contributed by atoms with Gasteiger partial charge in [0.1, 0.15) is 6.61 Å². The van der Waals surface area contributed by atoms with Crippen molar-refractivity contribution in [2.45, 2.75) is 52.9 Å². The maximum absolute atomic E-state index is 12.4. The molecule has 0 aromatic carbocycles. The summed E-state index contributed by atoms with van der Waals surface area (Å²) in [5.41, 5.74) is 0. The lowest BCUT2D eigenvalue weighted by molar-refractivity contribution is -0.153. The Bertz CT molecular complexity index is 460. The van der Waals surface area contributed by atoms with Gasteiger partial charge in [0.2, 0.25) is 0 Å². The molecule has 0 spiro atoms. The molecule has 0 aromatic heterocycles. The maximum Gasteiger partial charge on any atom is 0.309 e. The summed E-state index contributed by atoms with van der Waals surface area (Å²) in [5, 5.41) is 0. The number of hydrogen-bond acceptors (Lipinski definition) is 4. The highest BCUT2D eigenvalue weighted by Gasteiger charge is 2.63. The summed E-state index contributed by atoms with van der Waals surface area (Å²) in [7, 11) is 1.65. The van der Waals surface area contributed by atoms with Gasteiger partial charge in [0, 0.05) is 7.11 Å². The van der Waals surface area contributed by atoms with Crippen LogP contribution in [-0.2, 0) is 19.0 Å². The van der Waals surface area contributed by atoms with Gasteiger partial charge in [-0.3, -0.25) is 4.79 Å². The second-order valence-electron chi connectivity index (χ2n) is 9.49. The zero-order chi connectivity index (χ0) is 18.7. The third kappa shape index (κ3) is 4.27. The number of fused-ring (bicyclic) bond motifs is 9. The molecule has 4 aliphatic rings. The predicted molar refractivity (Wildman–Crippen MR) is 102 cm³/mol. The van der Waals surface area contributed by atoms with Crippen molar-refractivity contribution < 1.29 is 19.0 Å². The largest absolute Gasteiger partial charge is 0.463 e. The molecule has 4 nitrogen and oxygen atoms in total. The molecule has 0 radical (unpaired) electrons. The van der Waals surface area contributed by atoms with E-state index in [1.54, 1.807) is 7.11 Å². The molecular formula is C22H38O4. The third-order valence-electron chi connectivity index (χ3n) is 6.94. The fourth-order valence-corrected chi connectivity index (χ4v) is 6.39. The minimum absolute atomic E-state index is 0.0454. The summed E-state index contributed by atoms with van der Waals surface area (Å²) in [5.74, 6) is 6.26. The topological polar surface area (TPSA) is 44.8 Å². The normalized spacial score (nSPS) is 39.0. The second kappa shape index (κ2) is 9.05. The Hall–Kier alpha value is -0.610. The summed E-state index contributed by atoms with van der Waals surface area (Å²) in [6.45, 7) is 8.52. The average Bonchev–Trinajstić information content (AvgIpc) is 3.36. The van der Waals surface area contributed by atoms with Gasteiger partial charge in [-0.15, -0.1) is 0 Å². The fraction of sp³-hybridized carbons (Fsp3) is 0.955. The highest BCUT2D eigenvalue weighted by atomic mass is 16.6. The van der Waals surface area contributed by atoms with Gasteiger partial charge in [-0.05, 0) is 73.5 Å². The van der Waals surface area contributed by atoms with E-state index in [-0.39, 0.29) is 11.9 Å². The predicted octanol–water partition coefficient (Wildman–Crippen LogP) is 4.17. The van der Waals surface area contributed by atoms with Crippen LogP contribution >= 0.6 is 0 Å². The van der Waals surface area contributed by atoms with Crippen molar-refractivity contribution in [3.63, 3.8) is 0 Å². The van der Waals surface area contributed by atoms with Gasteiger partial charge >= 0.3 is 5.97 Å². The number of esters is 1. The van der Waals surface area contributed by atoms with E-state index in [2.05, 4.69) is 20.8 Å². The van der Waals surface area contributed by atoms with Crippen LogP contribution in [0.1, 0.15) is 52.9 Å². The quantitative estimate of drug-likeness (QED) is 0.385. The molecular weight excluding hydrogens is 328 g/mol. The fourth-order valence-electron chi connectivity index (χ4n) is 6.39. The van der Waals surface area contributed by atoms with Crippen molar-refractivity contribution in [1.29, 1.82) is 0 Å². The Morgan fingerprint density at radius 3 is 2.23 bits per heavy atom. The Labute approximate surface area is 159 Å². The Balaban J connectivity index is 0.000000447. The summed E-state index contributed by atoms with van der Waals surface area (Å²) in [6.07, 6.45) is 6.73. The zero-order valence-electron chi connectivity index (χ0n) is 17.1. The molecule has 4 aliphatic carbocycles. The summed E-state index contributed by atoms with van der Waals surface area (Å²) >= 11 is 0. The van der Waals surface area contributed by atoms with Crippen molar-refractivity contribution in [2.24, 2.45) is 47.3 Å². The molecule has 0 aromatic rings. The van der Waals surface area contributed by atoms with Crippen molar-refractivity contribution in [3.05, 3.63) is 0 Å². The first-order valence-corrected chi connectivity index (χ1v) is 10.8. The molecule has 26 heavy (non-hydrogen) atoms. The molecule has 4 saturated carbocycles. The van der Waals surface area contributed by atoms with Gasteiger partial charge in [0.25, 0.3) is 0 Å². The molecule has 4 fully saturated rings. The van der Waals surface area contributed by atoms with Crippen LogP contribution in [-0.4, -0.2) is 39.5 Å². The van der Waals surface area contributed by atoms with Gasteiger partial charge in [-0.1, -0.05) is 20.8 Å². The smallest absolute Gasteiger partial charge is 0.309 e. The van der Waals surface area contributed by atoms with E-state index < -0.39 is 0 Å². The van der Waals surface area contributed by atoms with Crippen LogP contribution in [0.2, 0.25) is 0 Å². The molecule has 150 valence electrons. The van der Waals surface area contributed by atoms with Crippen molar-refractivity contribution in [1.82, 2.24) is 0 Å². The molecule has 0 saturated heterocycles. The van der Waals surface area contributed by atoms with E-state index in [1.165, 1.54) is 25.7 Å². The first-order chi connectivity index (χ1) is 12.5. The highest BCUT2D eigenvalue weighted by Crippen LogP contribution is 2.68. The van der Waals surface area contributed by atoms with Crippen LogP contribution in [0.5, 0.6) is 0 Å². The minimum Gasteiger partial charge on any atom is -0.463 e. The summed E-state index contributed by atoms with van der Waals surface area (Å²) in [4.78, 5) is 12.4. The van der Waals surface area contributed by atoms with Crippen LogP contribution < -0.4 is 0 Å². The van der Waals surface area contributed by atoms with Crippen molar-refractivity contribution in [2.75, 3.05) is 33.5 Å². The molecule has 0 N–H and O–H groups in total. The van der Waals surface area contributed by atoms with Crippen molar-refractivity contribution in [3.8, 4) is 0 Å². The summed E-state index contributed by atoms with van der Waals surface area (Å²) < 4.78 is 15.8. The Morgan fingerprint density at radius 1 is 0.885 bits per heavy atom. The summed E-state index contributed by atoms with van der Waals surface area (Å²) in [6, 6.07) is 0. The standard InChI is InChI=1S/C18H28O4.C4H10/c1-20-4-5-21-6-7-22-18(19)15-10-13-9-14(15)17-12-3-2-11(8-12)16(13)17;1-4(2)3/h11-17H,2-10H2,1H3;4H,1-3H3. The molecule has 7 unspecified atom stereocenters. The van der Waals surface area contributed by atoms with Crippen LogP contribution in [0.25, 0.3) is 0 Å². The van der Waals surface area contributed by atoms with Gasteiger partial charge in [0.15, 0.2) is 0 Å². The minimum atomic E-state index is 0.0454. The monoisotopic (exact) mass is 366 g/mol. The molecule has 0 amide bonds. The molecule has 0 heterocycles. The highest BCUT2D eigenvalue weighted by molar-refractivity contribution is 5.73. The van der Waals surface area contributed by atoms with E-state index in [0.717, 1.165) is 41.9 Å². The number of ether oxygens (including phenoxy) is 3. The number of carbonyl (C=O) groups is 1. The van der Waals surface area contributed by atoms with Gasteiger partial charge in [0.05, 0.1) is 25.7 Å². The van der Waals surface area contributed by atoms with E-state index in [9.17, 15) is 4.79 Å². The van der Waals surface area contributed by atoms with E-state index >= 15 is 0 Å². The Morgan fingerprint density at radius 2 is 1.54 bits per heavy atom. The first kappa shape index (κ1) is 20.1. The van der Waals surface area contributed by atoms with Gasteiger partial charge in [-0.25, -0.2) is 0 Å². The number of rotatable bonds is 7. The van der Waals surface area contributed by atoms with E-state index in [1.807, 2.05) is 0 Å².